The van der Waals surface area contributed by atoms with Crippen molar-refractivity contribution < 1.29 is 19.7 Å². The molecule has 33 heavy (non-hydrogen) atoms. The van der Waals surface area contributed by atoms with Crippen LogP contribution in [0, 0.1) is 28.6 Å². The Morgan fingerprint density at radius 1 is 0.939 bits per heavy atom. The monoisotopic (exact) mass is 452 g/mol. The first-order valence-electron chi connectivity index (χ1n) is 13.2. The maximum Gasteiger partial charge on any atom is 0.195 e. The molecule has 0 bridgehead atoms. The highest BCUT2D eigenvalue weighted by atomic mass is 16.7. The van der Waals surface area contributed by atoms with Crippen molar-refractivity contribution in [2.75, 3.05) is 13.2 Å². The van der Waals surface area contributed by atoms with Gasteiger partial charge in [-0.05, 0) is 80.6 Å². The van der Waals surface area contributed by atoms with Crippen LogP contribution in [0.3, 0.4) is 0 Å². The van der Waals surface area contributed by atoms with E-state index in [1.54, 1.807) is 0 Å². The van der Waals surface area contributed by atoms with E-state index in [0.717, 1.165) is 44.9 Å². The molecule has 2 N–H and O–H groups in total. The SMILES string of the molecule is CC1([C@@]2(O)[C@@H](c3ccccc3)C[C@H]3[C@@H]4CC=C5C[C@@H](O)CC[C@]5(C)[C@H]4CC[C@@]32C)OCCO1. The van der Waals surface area contributed by atoms with Crippen molar-refractivity contribution in [1.82, 2.24) is 0 Å². The smallest absolute Gasteiger partial charge is 0.195 e. The first kappa shape index (κ1) is 22.3. The summed E-state index contributed by atoms with van der Waals surface area (Å²) in [5.41, 5.74) is 1.53. The van der Waals surface area contributed by atoms with Crippen LogP contribution in [0.15, 0.2) is 42.0 Å². The molecule has 0 aromatic heterocycles. The quantitative estimate of drug-likeness (QED) is 0.606. The molecule has 6 rings (SSSR count). The Kier molecular flexibility index (Phi) is 4.99. The maximum atomic E-state index is 12.8. The van der Waals surface area contributed by atoms with Crippen LogP contribution in [0.4, 0.5) is 0 Å². The van der Waals surface area contributed by atoms with E-state index in [1.165, 1.54) is 11.1 Å². The van der Waals surface area contributed by atoms with Crippen LogP contribution in [-0.4, -0.2) is 40.9 Å². The molecule has 0 unspecified atom stereocenters. The maximum absolute atomic E-state index is 12.8. The Balaban J connectivity index is 1.44. The van der Waals surface area contributed by atoms with Crippen molar-refractivity contribution in [2.45, 2.75) is 89.1 Å². The Hall–Kier alpha value is -1.20. The molecule has 1 saturated heterocycles. The average Bonchev–Trinajstić information content (AvgIpc) is 3.36. The predicted molar refractivity (Wildman–Crippen MR) is 128 cm³/mol. The van der Waals surface area contributed by atoms with E-state index in [2.05, 4.69) is 50.3 Å². The summed E-state index contributed by atoms with van der Waals surface area (Å²) in [6.07, 6.45) is 9.29. The minimum absolute atomic E-state index is 0.0121. The number of aliphatic hydroxyl groups is 2. The zero-order chi connectivity index (χ0) is 23.1. The third-order valence-electron chi connectivity index (χ3n) is 11.1. The molecular formula is C29H40O4. The van der Waals surface area contributed by atoms with Gasteiger partial charge in [-0.1, -0.05) is 55.8 Å². The molecule has 1 aromatic rings. The molecular weight excluding hydrogens is 412 g/mol. The van der Waals surface area contributed by atoms with E-state index in [-0.39, 0.29) is 22.9 Å². The molecule has 1 aromatic carbocycles. The molecule has 180 valence electrons. The summed E-state index contributed by atoms with van der Waals surface area (Å²) in [5, 5.41) is 23.2. The fourth-order valence-corrected chi connectivity index (χ4v) is 9.32. The number of rotatable bonds is 2. The van der Waals surface area contributed by atoms with Crippen molar-refractivity contribution in [3.05, 3.63) is 47.5 Å². The van der Waals surface area contributed by atoms with Crippen LogP contribution < -0.4 is 0 Å². The fourth-order valence-electron chi connectivity index (χ4n) is 9.32. The lowest BCUT2D eigenvalue weighted by atomic mass is 9.46. The van der Waals surface area contributed by atoms with Crippen molar-refractivity contribution in [1.29, 1.82) is 0 Å². The van der Waals surface area contributed by atoms with Gasteiger partial charge >= 0.3 is 0 Å². The number of ether oxygens (including phenoxy) is 2. The molecule has 1 aliphatic heterocycles. The highest BCUT2D eigenvalue weighted by Crippen LogP contribution is 2.72. The topological polar surface area (TPSA) is 58.9 Å². The number of hydrogen-bond donors (Lipinski definition) is 2. The molecule has 4 fully saturated rings. The summed E-state index contributed by atoms with van der Waals surface area (Å²) in [4.78, 5) is 0. The number of hydrogen-bond acceptors (Lipinski definition) is 4. The van der Waals surface area contributed by atoms with E-state index in [4.69, 9.17) is 9.47 Å². The van der Waals surface area contributed by atoms with E-state index < -0.39 is 11.4 Å². The summed E-state index contributed by atoms with van der Waals surface area (Å²) < 4.78 is 12.5. The first-order chi connectivity index (χ1) is 15.7. The second-order valence-electron chi connectivity index (χ2n) is 12.2. The van der Waals surface area contributed by atoms with Crippen LogP contribution in [0.1, 0.15) is 77.2 Å². The van der Waals surface area contributed by atoms with Gasteiger partial charge in [0.15, 0.2) is 5.79 Å². The van der Waals surface area contributed by atoms with Gasteiger partial charge in [0.1, 0.15) is 5.60 Å². The summed E-state index contributed by atoms with van der Waals surface area (Å²) >= 11 is 0. The summed E-state index contributed by atoms with van der Waals surface area (Å²) in [6.45, 7) is 7.86. The van der Waals surface area contributed by atoms with Gasteiger partial charge in [0.05, 0.1) is 19.3 Å². The van der Waals surface area contributed by atoms with Crippen LogP contribution >= 0.6 is 0 Å². The molecule has 4 nitrogen and oxygen atoms in total. The lowest BCUT2D eigenvalue weighted by molar-refractivity contribution is -0.304. The largest absolute Gasteiger partial charge is 0.393 e. The first-order valence-corrected chi connectivity index (χ1v) is 13.2. The van der Waals surface area contributed by atoms with Crippen molar-refractivity contribution in [3.8, 4) is 0 Å². The van der Waals surface area contributed by atoms with E-state index >= 15 is 0 Å². The molecule has 4 aliphatic carbocycles. The number of fused-ring (bicyclic) bond motifs is 5. The zero-order valence-corrected chi connectivity index (χ0v) is 20.4. The van der Waals surface area contributed by atoms with Gasteiger partial charge in [-0.15, -0.1) is 0 Å². The second kappa shape index (κ2) is 7.40. The summed E-state index contributed by atoms with van der Waals surface area (Å²) in [7, 11) is 0. The third-order valence-corrected chi connectivity index (χ3v) is 11.1. The molecule has 0 spiro atoms. The van der Waals surface area contributed by atoms with Crippen molar-refractivity contribution in [2.24, 2.45) is 28.6 Å². The minimum Gasteiger partial charge on any atom is -0.393 e. The lowest BCUT2D eigenvalue weighted by Gasteiger charge is -2.60. The highest BCUT2D eigenvalue weighted by Gasteiger charge is 2.74. The lowest BCUT2D eigenvalue weighted by Crippen LogP contribution is -2.65. The third kappa shape index (κ3) is 2.84. The van der Waals surface area contributed by atoms with E-state index in [1.807, 2.05) is 6.92 Å². The van der Waals surface area contributed by atoms with Gasteiger partial charge in [0.25, 0.3) is 0 Å². The molecule has 0 amide bonds. The van der Waals surface area contributed by atoms with E-state index in [0.29, 0.717) is 31.0 Å². The normalized spacial score (nSPS) is 48.5. The average molecular weight is 453 g/mol. The highest BCUT2D eigenvalue weighted by molar-refractivity contribution is 5.34. The molecule has 4 heteroatoms. The Morgan fingerprint density at radius 2 is 1.67 bits per heavy atom. The van der Waals surface area contributed by atoms with Crippen LogP contribution in [0.25, 0.3) is 0 Å². The Bertz CT molecular complexity index is 936. The Labute approximate surface area is 198 Å². The molecule has 3 saturated carbocycles. The number of allylic oxidation sites excluding steroid dienone is 1. The number of benzene rings is 1. The number of aliphatic hydroxyl groups excluding tert-OH is 1. The molecule has 1 heterocycles. The second-order valence-corrected chi connectivity index (χ2v) is 12.2. The summed E-state index contributed by atoms with van der Waals surface area (Å²) in [5.74, 6) is 0.593. The van der Waals surface area contributed by atoms with Gasteiger partial charge in [0.2, 0.25) is 0 Å². The van der Waals surface area contributed by atoms with Gasteiger partial charge in [-0.3, -0.25) is 0 Å². The zero-order valence-electron chi connectivity index (χ0n) is 20.4. The summed E-state index contributed by atoms with van der Waals surface area (Å²) in [6, 6.07) is 10.6. The van der Waals surface area contributed by atoms with Crippen molar-refractivity contribution in [3.63, 3.8) is 0 Å². The van der Waals surface area contributed by atoms with E-state index in [9.17, 15) is 10.2 Å². The van der Waals surface area contributed by atoms with Crippen molar-refractivity contribution >= 4 is 0 Å². The van der Waals surface area contributed by atoms with Crippen LogP contribution in [0.5, 0.6) is 0 Å². The van der Waals surface area contributed by atoms with Crippen LogP contribution in [0.2, 0.25) is 0 Å². The van der Waals surface area contributed by atoms with Gasteiger partial charge in [-0.25, -0.2) is 0 Å². The minimum atomic E-state index is -1.08. The predicted octanol–water partition coefficient (Wildman–Crippen LogP) is 5.20. The standard InChI is InChI=1S/C29H40O4/c1-26-13-11-21(30)17-20(26)9-10-22-23(26)12-14-27(2)25(22)18-24(19-7-5-4-6-8-19)29(27,31)28(3)32-15-16-33-28/h4-9,21-25,30-31H,10-18H2,1-3H3/t21-,22+,23-,24+,25-,26-,27-,29+/m0/s1. The molecule has 8 atom stereocenters. The Morgan fingerprint density at radius 3 is 2.39 bits per heavy atom. The van der Waals surface area contributed by atoms with Gasteiger partial charge in [-0.2, -0.15) is 0 Å². The van der Waals surface area contributed by atoms with Gasteiger partial charge in [0, 0.05) is 11.3 Å². The fraction of sp³-hybridized carbons (Fsp3) is 0.724. The molecule has 5 aliphatic rings. The van der Waals surface area contributed by atoms with Crippen LogP contribution in [-0.2, 0) is 9.47 Å². The molecule has 0 radical (unpaired) electrons. The van der Waals surface area contributed by atoms with Gasteiger partial charge < -0.3 is 19.7 Å².